The van der Waals surface area contributed by atoms with Gasteiger partial charge >= 0.3 is 6.18 Å². The molecule has 172 valence electrons. The second-order valence-corrected chi connectivity index (χ2v) is 10.0. The van der Waals surface area contributed by atoms with Crippen LogP contribution >= 0.6 is 11.8 Å². The van der Waals surface area contributed by atoms with Gasteiger partial charge < -0.3 is 0 Å². The lowest BCUT2D eigenvalue weighted by Crippen LogP contribution is -2.16. The molecular formula is C23H16F5NO2S2. The Bertz CT molecular complexity index is 1400. The van der Waals surface area contributed by atoms with Crippen molar-refractivity contribution >= 4 is 32.7 Å². The van der Waals surface area contributed by atoms with Gasteiger partial charge in [-0.3, -0.25) is 0 Å². The standard InChI is InChI=1S/C23H16F5NO2S2/c24-22(25)32-19-7-4-8-20(14-19)33(30,31)29-18(11-15-5-2-1-3-6-15)13-16-12-17(23(26,27)28)9-10-21(16)29/h1-10,12-14,22H,11H2. The molecule has 0 aliphatic heterocycles. The van der Waals surface area contributed by atoms with Gasteiger partial charge in [0.2, 0.25) is 0 Å². The fourth-order valence-corrected chi connectivity index (χ4v) is 5.77. The molecule has 0 N–H and O–H groups in total. The molecule has 3 aromatic carbocycles. The third-order valence-electron chi connectivity index (χ3n) is 4.95. The van der Waals surface area contributed by atoms with E-state index in [1.165, 1.54) is 24.3 Å². The molecule has 10 heteroatoms. The van der Waals surface area contributed by atoms with Crippen molar-refractivity contribution in [3.63, 3.8) is 0 Å². The van der Waals surface area contributed by atoms with Crippen LogP contribution in [0.2, 0.25) is 0 Å². The Morgan fingerprint density at radius 2 is 1.61 bits per heavy atom. The van der Waals surface area contributed by atoms with Gasteiger partial charge in [-0.1, -0.05) is 48.2 Å². The van der Waals surface area contributed by atoms with E-state index in [0.717, 1.165) is 33.8 Å². The van der Waals surface area contributed by atoms with Crippen molar-refractivity contribution in [1.82, 2.24) is 3.97 Å². The molecule has 0 unspecified atom stereocenters. The van der Waals surface area contributed by atoms with Crippen molar-refractivity contribution < 1.29 is 30.4 Å². The zero-order valence-electron chi connectivity index (χ0n) is 16.8. The molecule has 0 atom stereocenters. The van der Waals surface area contributed by atoms with Crippen LogP contribution in [-0.2, 0) is 22.6 Å². The summed E-state index contributed by atoms with van der Waals surface area (Å²) in [6.45, 7) is 0. The fourth-order valence-electron chi connectivity index (χ4n) is 3.55. The van der Waals surface area contributed by atoms with Crippen molar-refractivity contribution in [1.29, 1.82) is 0 Å². The number of halogens is 5. The Morgan fingerprint density at radius 1 is 0.879 bits per heavy atom. The number of nitrogens with zero attached hydrogens (tertiary/aromatic N) is 1. The highest BCUT2D eigenvalue weighted by molar-refractivity contribution is 7.99. The first kappa shape index (κ1) is 23.3. The third kappa shape index (κ3) is 4.91. The predicted molar refractivity (Wildman–Crippen MR) is 117 cm³/mol. The largest absolute Gasteiger partial charge is 0.416 e. The number of aromatic nitrogens is 1. The van der Waals surface area contributed by atoms with Crippen LogP contribution in [0.5, 0.6) is 0 Å². The van der Waals surface area contributed by atoms with Crippen molar-refractivity contribution in [2.75, 3.05) is 0 Å². The maximum atomic E-state index is 13.6. The van der Waals surface area contributed by atoms with E-state index in [0.29, 0.717) is 0 Å². The highest BCUT2D eigenvalue weighted by Gasteiger charge is 2.32. The molecule has 4 aromatic rings. The average Bonchev–Trinajstić information content (AvgIpc) is 3.11. The number of alkyl halides is 5. The Hall–Kier alpha value is -2.85. The monoisotopic (exact) mass is 497 g/mol. The Morgan fingerprint density at radius 3 is 2.27 bits per heavy atom. The minimum atomic E-state index is -4.59. The molecule has 33 heavy (non-hydrogen) atoms. The topological polar surface area (TPSA) is 39.1 Å². The fraction of sp³-hybridized carbons (Fsp3) is 0.130. The molecular weight excluding hydrogens is 481 g/mol. The molecule has 0 fully saturated rings. The van der Waals surface area contributed by atoms with Crippen LogP contribution in [0.1, 0.15) is 16.8 Å². The maximum absolute atomic E-state index is 13.6. The summed E-state index contributed by atoms with van der Waals surface area (Å²) in [7, 11) is -4.30. The summed E-state index contributed by atoms with van der Waals surface area (Å²) in [6, 6.07) is 18.2. The van der Waals surface area contributed by atoms with Crippen molar-refractivity contribution in [2.24, 2.45) is 0 Å². The van der Waals surface area contributed by atoms with Gasteiger partial charge in [0.05, 0.1) is 16.0 Å². The number of benzene rings is 3. The van der Waals surface area contributed by atoms with Gasteiger partial charge in [0.15, 0.2) is 0 Å². The van der Waals surface area contributed by atoms with E-state index in [4.69, 9.17) is 0 Å². The highest BCUT2D eigenvalue weighted by Crippen LogP contribution is 2.35. The lowest BCUT2D eigenvalue weighted by molar-refractivity contribution is -0.137. The van der Waals surface area contributed by atoms with Gasteiger partial charge in [-0.05, 0) is 48.0 Å². The summed E-state index contributed by atoms with van der Waals surface area (Å²) < 4.78 is 93.4. The number of hydrogen-bond acceptors (Lipinski definition) is 3. The molecule has 1 aromatic heterocycles. The molecule has 0 bridgehead atoms. The summed E-state index contributed by atoms with van der Waals surface area (Å²) in [5.41, 5.74) is 0.184. The molecule has 0 aliphatic rings. The van der Waals surface area contributed by atoms with Gasteiger partial charge in [0, 0.05) is 22.4 Å². The first-order chi connectivity index (χ1) is 15.6. The molecule has 3 nitrogen and oxygen atoms in total. The van der Waals surface area contributed by atoms with Crippen LogP contribution in [0.15, 0.2) is 88.7 Å². The van der Waals surface area contributed by atoms with E-state index in [2.05, 4.69) is 0 Å². The van der Waals surface area contributed by atoms with Crippen molar-refractivity contribution in [3.05, 3.63) is 95.7 Å². The number of rotatable bonds is 6. The predicted octanol–water partition coefficient (Wildman–Crippen LogP) is 6.80. The number of thioether (sulfide) groups is 1. The molecule has 0 aliphatic carbocycles. The highest BCUT2D eigenvalue weighted by atomic mass is 32.2. The van der Waals surface area contributed by atoms with Crippen molar-refractivity contribution in [3.8, 4) is 0 Å². The minimum Gasteiger partial charge on any atom is -0.238 e. The van der Waals surface area contributed by atoms with Crippen LogP contribution < -0.4 is 0 Å². The summed E-state index contributed by atoms with van der Waals surface area (Å²) in [5, 5.41) is 0.109. The summed E-state index contributed by atoms with van der Waals surface area (Å²) in [5.74, 6) is -2.73. The first-order valence-corrected chi connectivity index (χ1v) is 11.9. The zero-order chi connectivity index (χ0) is 23.8. The Balaban J connectivity index is 1.91. The lowest BCUT2D eigenvalue weighted by Gasteiger charge is -2.14. The SMILES string of the molecule is O=S(=O)(c1cccc(SC(F)F)c1)n1c(Cc2ccccc2)cc2cc(C(F)(F)F)ccc21. The smallest absolute Gasteiger partial charge is 0.238 e. The van der Waals surface area contributed by atoms with Crippen LogP contribution in [0.25, 0.3) is 10.9 Å². The van der Waals surface area contributed by atoms with Gasteiger partial charge in [0.25, 0.3) is 15.8 Å². The Kier molecular flexibility index (Phi) is 6.24. The average molecular weight is 498 g/mol. The molecule has 0 saturated carbocycles. The molecule has 4 rings (SSSR count). The number of hydrogen-bond donors (Lipinski definition) is 0. The molecule has 0 spiro atoms. The van der Waals surface area contributed by atoms with Crippen LogP contribution in [0.3, 0.4) is 0 Å². The maximum Gasteiger partial charge on any atom is 0.416 e. The van der Waals surface area contributed by atoms with Gasteiger partial charge in [-0.15, -0.1) is 0 Å². The van der Waals surface area contributed by atoms with Crippen LogP contribution in [-0.4, -0.2) is 18.1 Å². The molecule has 0 amide bonds. The third-order valence-corrected chi connectivity index (χ3v) is 7.42. The van der Waals surface area contributed by atoms with Gasteiger partial charge in [-0.25, -0.2) is 12.4 Å². The lowest BCUT2D eigenvalue weighted by atomic mass is 10.1. The van der Waals surface area contributed by atoms with E-state index in [9.17, 15) is 30.4 Å². The van der Waals surface area contributed by atoms with E-state index >= 15 is 0 Å². The van der Waals surface area contributed by atoms with Crippen molar-refractivity contribution in [2.45, 2.75) is 28.1 Å². The van der Waals surface area contributed by atoms with E-state index < -0.39 is 27.5 Å². The second-order valence-electron chi connectivity index (χ2n) is 7.19. The quantitative estimate of drug-likeness (QED) is 0.217. The second kappa shape index (κ2) is 8.83. The molecule has 0 radical (unpaired) electrons. The molecule has 1 heterocycles. The van der Waals surface area contributed by atoms with E-state index in [-0.39, 0.29) is 44.6 Å². The van der Waals surface area contributed by atoms with Crippen LogP contribution in [0, 0.1) is 0 Å². The van der Waals surface area contributed by atoms with Gasteiger partial charge in [0.1, 0.15) is 0 Å². The summed E-state index contributed by atoms with van der Waals surface area (Å²) in [6.07, 6.45) is -4.45. The molecule has 0 saturated heterocycles. The number of fused-ring (bicyclic) bond motifs is 1. The van der Waals surface area contributed by atoms with Gasteiger partial charge in [-0.2, -0.15) is 22.0 Å². The van der Waals surface area contributed by atoms with E-state index in [1.807, 2.05) is 0 Å². The van der Waals surface area contributed by atoms with Crippen LogP contribution in [0.4, 0.5) is 22.0 Å². The summed E-state index contributed by atoms with van der Waals surface area (Å²) >= 11 is 0.209. The zero-order valence-corrected chi connectivity index (χ0v) is 18.4. The first-order valence-electron chi connectivity index (χ1n) is 9.61. The minimum absolute atomic E-state index is 0.0616. The normalized spacial score (nSPS) is 12.5. The Labute approximate surface area is 190 Å². The summed E-state index contributed by atoms with van der Waals surface area (Å²) in [4.78, 5) is -0.175. The van der Waals surface area contributed by atoms with E-state index in [1.54, 1.807) is 30.3 Å².